The minimum absolute atomic E-state index is 0. The molecule has 7 aromatic rings. The molecule has 826 valence electrons. The van der Waals surface area contributed by atoms with E-state index in [-0.39, 0.29) is 170 Å². The third-order valence-corrected chi connectivity index (χ3v) is 24.1. The average molecular weight is 2070 g/mol. The number of aldehydes is 1. The molecular formula is C122H183F3N4O19. The van der Waals surface area contributed by atoms with Gasteiger partial charge in [0.1, 0.15) is 53.6 Å². The van der Waals surface area contributed by atoms with Gasteiger partial charge in [-0.2, -0.15) is 13.2 Å². The van der Waals surface area contributed by atoms with Crippen molar-refractivity contribution in [2.24, 2.45) is 100 Å². The second-order valence-corrected chi connectivity index (χ2v) is 41.6. The summed E-state index contributed by atoms with van der Waals surface area (Å²) >= 11 is 0. The predicted octanol–water partition coefficient (Wildman–Crippen LogP) is 24.2. The fraction of sp³-hybridized carbons (Fsp3) is 0.549. The molecule has 0 bridgehead atoms. The number of carbonyl (C=O) groups excluding carboxylic acids is 11. The van der Waals surface area contributed by atoms with Crippen molar-refractivity contribution in [3.8, 4) is 0 Å². The Balaban J connectivity index is -0.00000171. The number of carbonyl (C=O) groups is 13. The number of alkyl halides is 3. The zero-order valence-corrected chi connectivity index (χ0v) is 88.0. The van der Waals surface area contributed by atoms with Gasteiger partial charge < -0.3 is 51.3 Å². The normalized spacial score (nSPS) is 15.9. The van der Waals surface area contributed by atoms with Crippen LogP contribution in [-0.4, -0.2) is 142 Å². The summed E-state index contributed by atoms with van der Waals surface area (Å²) in [6, 6.07) is 65.1. The maximum atomic E-state index is 13.3. The fourth-order valence-electron chi connectivity index (χ4n) is 16.1. The molecule has 0 radical (unpaired) electrons. The van der Waals surface area contributed by atoms with Crippen molar-refractivity contribution in [1.82, 2.24) is 10.6 Å². The first-order valence-corrected chi connectivity index (χ1v) is 50.4. The zero-order chi connectivity index (χ0) is 107. The lowest BCUT2D eigenvalue weighted by Crippen LogP contribution is -2.49. The van der Waals surface area contributed by atoms with Crippen molar-refractivity contribution in [2.75, 3.05) is 13.2 Å². The van der Waals surface area contributed by atoms with E-state index in [9.17, 15) is 75.8 Å². The van der Waals surface area contributed by atoms with E-state index < -0.39 is 83.4 Å². The van der Waals surface area contributed by atoms with Crippen LogP contribution >= 0.6 is 0 Å². The number of ether oxygens (including phenoxy) is 4. The van der Waals surface area contributed by atoms with Crippen LogP contribution in [0.25, 0.3) is 0 Å². The van der Waals surface area contributed by atoms with E-state index in [0.29, 0.717) is 94.2 Å². The van der Waals surface area contributed by atoms with Gasteiger partial charge in [0.2, 0.25) is 18.1 Å². The van der Waals surface area contributed by atoms with Crippen molar-refractivity contribution >= 4 is 76.7 Å². The van der Waals surface area contributed by atoms with Crippen molar-refractivity contribution < 1.29 is 105 Å². The topological polar surface area (TPSA) is 382 Å². The Morgan fingerprint density at radius 2 is 0.561 bits per heavy atom. The van der Waals surface area contributed by atoms with E-state index in [1.165, 1.54) is 0 Å². The number of aliphatic carboxylic acids is 2. The van der Waals surface area contributed by atoms with Gasteiger partial charge in [0, 0.05) is 55.3 Å². The molecule has 148 heavy (non-hydrogen) atoms. The van der Waals surface area contributed by atoms with Crippen molar-refractivity contribution in [3.63, 3.8) is 0 Å². The number of nitrogens with two attached hydrogens (primary N) is 2. The second kappa shape index (κ2) is 73.7. The number of esters is 2. The molecule has 0 unspecified atom stereocenters. The Labute approximate surface area is 884 Å². The van der Waals surface area contributed by atoms with Gasteiger partial charge in [-0.3, -0.25) is 62.3 Å². The van der Waals surface area contributed by atoms with Gasteiger partial charge in [0.05, 0.1) is 49.1 Å². The predicted molar refractivity (Wildman–Crippen MR) is 588 cm³/mol. The first-order chi connectivity index (χ1) is 67.2. The zero-order valence-electron chi connectivity index (χ0n) is 88.0. The molecule has 2 saturated heterocycles. The van der Waals surface area contributed by atoms with Crippen molar-refractivity contribution in [2.45, 2.75) is 333 Å². The highest BCUT2D eigenvalue weighted by Crippen LogP contribution is 2.33. The highest BCUT2D eigenvalue weighted by molar-refractivity contribution is 5.99. The molecule has 2 heterocycles. The number of rotatable bonds is 52. The number of carboxylic acid groups (broad SMARTS) is 2. The number of benzene rings is 7. The summed E-state index contributed by atoms with van der Waals surface area (Å²) in [5, 5.41) is 23.6. The SMILES string of the molecule is C.C.C.C.C.CC(C)C[C@H](C)C(=O)C[C@@H](Cc1ccccc1)C(=O)O.CC(C)C[C@H](C)C(=O)C[C@@H](Cc1ccccc1)C(=O)OCc1ccccc1.CC(C)C[C@H](C)C(=O)O.CC(C)C[C@H](NC(=O)[C@@H](CC(=O)[C@@H](C)CC(C)C)Cc1ccccc1)C(=O)[C@@]1(C)CO1.CC(C)C[C@H](NC(=O)[C@@H](CC(=O)[C@@H](N)CC(C)C)Cc1ccccc1)C(=O)[C@@]1(C)CO1.N[C@@H](Cc1ccccc1)C(=O)OCc1ccccc1.O=CC(F)(F)F. The summed E-state index contributed by atoms with van der Waals surface area (Å²) in [5.74, 6) is -2.68. The number of hydrogen-bond donors (Lipinski definition) is 6. The van der Waals surface area contributed by atoms with Gasteiger partial charge in [-0.05, 0) is 171 Å². The summed E-state index contributed by atoms with van der Waals surface area (Å²) in [4.78, 5) is 158. The van der Waals surface area contributed by atoms with Gasteiger partial charge in [0.15, 0.2) is 11.6 Å². The Hall–Kier alpha value is -11.3. The molecule has 14 atom stereocenters. The third-order valence-electron chi connectivity index (χ3n) is 24.1. The van der Waals surface area contributed by atoms with E-state index in [4.69, 9.17) is 40.3 Å². The third kappa shape index (κ3) is 60.4. The Morgan fingerprint density at radius 3 is 0.811 bits per heavy atom. The summed E-state index contributed by atoms with van der Waals surface area (Å²) < 4.78 is 52.6. The number of halogens is 3. The molecule has 0 aromatic heterocycles. The Morgan fingerprint density at radius 1 is 0.331 bits per heavy atom. The smallest absolute Gasteiger partial charge is 0.446 e. The fourth-order valence-corrected chi connectivity index (χ4v) is 16.1. The number of epoxide rings is 2. The summed E-state index contributed by atoms with van der Waals surface area (Å²) in [5.41, 5.74) is 17.3. The minimum Gasteiger partial charge on any atom is -0.481 e. The monoisotopic (exact) mass is 2070 g/mol. The molecular weight excluding hydrogens is 1880 g/mol. The highest BCUT2D eigenvalue weighted by Gasteiger charge is 2.52. The first kappa shape index (κ1) is 141. The molecule has 2 aliphatic heterocycles. The molecule has 2 fully saturated rings. The van der Waals surface area contributed by atoms with E-state index >= 15 is 0 Å². The Kier molecular flexibility index (Phi) is 70.2. The molecule has 2 amide bonds. The summed E-state index contributed by atoms with van der Waals surface area (Å²) in [7, 11) is 0. The summed E-state index contributed by atoms with van der Waals surface area (Å²) in [6.45, 7) is 41.1. The largest absolute Gasteiger partial charge is 0.481 e. The molecule has 0 spiro atoms. The number of hydrogen-bond acceptors (Lipinski definition) is 19. The molecule has 2 aliphatic rings. The van der Waals surface area contributed by atoms with E-state index in [0.717, 1.165) is 64.6 Å². The standard InChI is InChI=1S/C26H39NO4.C25H38N2O4.C24H30O3.C17H24O3.C16H17NO2.C7H14O2.C2HF3O.5CH4/c1-17(2)12-19(5)23(28)15-21(14-20-10-8-7-9-11-20)25(30)27-22(13-18(3)4)24(29)26(6)16-31-26;1-16(2)11-20(26)22(28)14-19(13-18-9-7-6-8-10-18)24(30)27-21(12-17(3)4)23(29)25(5)15-31-25;1-18(2)14-19(3)23(25)16-22(15-20-10-6-4-7-11-20)24(26)27-17-21-12-8-5-9-13-21;1-12(2)9-13(3)16(18)11-15(17(19)20)10-14-7-5-4-6-8-14;17-15(11-13-7-3-1-4-8-13)16(18)19-12-14-9-5-2-6-10-14;1-5(2)4-6(3)7(8)9;3-2(4,5)1-6;;;;;/h7-11,17-19,21-22H,12-16H2,1-6H3,(H,27,30);6-10,16-17,19-21H,11-15,26H2,1-5H3,(H,27,30);4-13,18-19,22H,14-17H2,1-3H3;4-8,12-13,15H,9-11H2,1-3H3,(H,19,20);1-10,15H,11-12,17H2;5-6H,4H2,1-3H3,(H,8,9);1H;5*1H4/t19-,21+,22-,26+;19-,20+,21+,25-;19-,22+;13-,15+;15-;6-;;;;;;/m010000....../s1. The van der Waals surface area contributed by atoms with Crippen LogP contribution < -0.4 is 22.1 Å². The highest BCUT2D eigenvalue weighted by atomic mass is 19.4. The van der Waals surface area contributed by atoms with Crippen molar-refractivity contribution in [1.29, 1.82) is 0 Å². The molecule has 0 saturated carbocycles. The van der Waals surface area contributed by atoms with Crippen LogP contribution in [0.2, 0.25) is 0 Å². The number of ketones is 6. The lowest BCUT2D eigenvalue weighted by atomic mass is 9.86. The quantitative estimate of drug-likeness (QED) is 0.0117. The molecule has 0 aliphatic carbocycles. The van der Waals surface area contributed by atoms with Crippen LogP contribution in [0.4, 0.5) is 13.2 Å². The van der Waals surface area contributed by atoms with E-state index in [2.05, 4.69) is 52.2 Å². The first-order valence-electron chi connectivity index (χ1n) is 50.4. The molecule has 9 rings (SSSR count). The molecule has 8 N–H and O–H groups in total. The van der Waals surface area contributed by atoms with Crippen LogP contribution in [0, 0.1) is 88.8 Å². The van der Waals surface area contributed by atoms with Gasteiger partial charge in [-0.15, -0.1) is 0 Å². The average Bonchev–Trinajstić information content (AvgIpc) is 1.64. The summed E-state index contributed by atoms with van der Waals surface area (Å²) in [6.07, 6.45) is 2.14. The van der Waals surface area contributed by atoms with E-state index in [1.54, 1.807) is 20.8 Å². The van der Waals surface area contributed by atoms with Crippen LogP contribution in [0.5, 0.6) is 0 Å². The van der Waals surface area contributed by atoms with Crippen LogP contribution in [0.1, 0.15) is 285 Å². The van der Waals surface area contributed by atoms with Crippen LogP contribution in [0.15, 0.2) is 212 Å². The van der Waals surface area contributed by atoms with Crippen LogP contribution in [-0.2, 0) is 127 Å². The van der Waals surface area contributed by atoms with Gasteiger partial charge >= 0.3 is 30.1 Å². The lowest BCUT2D eigenvalue weighted by molar-refractivity contribution is -0.156. The number of carboxylic acids is 2. The number of amides is 2. The minimum atomic E-state index is -4.64. The maximum absolute atomic E-state index is 13.3. The molecule has 23 nitrogen and oxygen atoms in total. The number of Topliss-reactive ketones (excluding diaryl/α,β-unsaturated/α-hetero) is 6. The number of nitrogens with one attached hydrogen (secondary N) is 2. The van der Waals surface area contributed by atoms with Gasteiger partial charge in [0.25, 0.3) is 0 Å². The van der Waals surface area contributed by atoms with Gasteiger partial charge in [-0.25, -0.2) is 0 Å². The maximum Gasteiger partial charge on any atom is 0.446 e. The Bertz CT molecular complexity index is 4790. The van der Waals surface area contributed by atoms with Crippen LogP contribution in [0.3, 0.4) is 0 Å². The second-order valence-electron chi connectivity index (χ2n) is 41.6. The van der Waals surface area contributed by atoms with Gasteiger partial charge in [-0.1, -0.05) is 374 Å². The lowest BCUT2D eigenvalue weighted by Gasteiger charge is -2.25. The molecule has 26 heteroatoms. The molecule has 7 aromatic carbocycles. The van der Waals surface area contributed by atoms with Crippen molar-refractivity contribution in [3.05, 3.63) is 251 Å². The van der Waals surface area contributed by atoms with E-state index in [1.807, 2.05) is 288 Å².